The first-order valence-electron chi connectivity index (χ1n) is 6.54. The van der Waals surface area contributed by atoms with E-state index in [9.17, 15) is 0 Å². The Morgan fingerprint density at radius 3 is 2.62 bits per heavy atom. The zero-order chi connectivity index (χ0) is 14.8. The molecular formula is C17H13Br2NO. The first kappa shape index (κ1) is 14.5. The highest BCUT2D eigenvalue weighted by atomic mass is 79.9. The summed E-state index contributed by atoms with van der Waals surface area (Å²) >= 11 is 7.12. The molecular weight excluding hydrogens is 394 g/mol. The summed E-state index contributed by atoms with van der Waals surface area (Å²) < 4.78 is 7.61. The number of ether oxygens (including phenoxy) is 1. The average Bonchev–Trinajstić information content (AvgIpc) is 2.50. The van der Waals surface area contributed by atoms with E-state index in [1.165, 1.54) is 5.56 Å². The van der Waals surface area contributed by atoms with Crippen molar-refractivity contribution in [1.82, 2.24) is 4.98 Å². The molecule has 3 rings (SSSR count). The molecule has 0 atom stereocenters. The van der Waals surface area contributed by atoms with Gasteiger partial charge in [-0.25, -0.2) is 4.98 Å². The highest BCUT2D eigenvalue weighted by Crippen LogP contribution is 2.28. The summed E-state index contributed by atoms with van der Waals surface area (Å²) in [5.74, 6) is 0.681. The maximum atomic E-state index is 5.46. The summed E-state index contributed by atoms with van der Waals surface area (Å²) in [6.07, 6.45) is 0.765. The predicted octanol–water partition coefficient (Wildman–Crippen LogP) is 5.36. The molecule has 2 aromatic carbocycles. The predicted molar refractivity (Wildman–Crippen MR) is 92.9 cm³/mol. The van der Waals surface area contributed by atoms with Crippen LogP contribution in [0, 0.1) is 0 Å². The van der Waals surface area contributed by atoms with Crippen LogP contribution in [0.3, 0.4) is 0 Å². The Morgan fingerprint density at radius 2 is 1.81 bits per heavy atom. The lowest BCUT2D eigenvalue weighted by Crippen LogP contribution is -1.98. The van der Waals surface area contributed by atoms with Crippen molar-refractivity contribution in [2.75, 3.05) is 7.11 Å². The van der Waals surface area contributed by atoms with Gasteiger partial charge in [-0.3, -0.25) is 0 Å². The molecule has 0 aliphatic carbocycles. The number of pyridine rings is 1. The quantitative estimate of drug-likeness (QED) is 0.584. The van der Waals surface area contributed by atoms with Crippen molar-refractivity contribution in [3.63, 3.8) is 0 Å². The van der Waals surface area contributed by atoms with Gasteiger partial charge in [0.25, 0.3) is 0 Å². The lowest BCUT2D eigenvalue weighted by molar-refractivity contribution is 0.395. The van der Waals surface area contributed by atoms with E-state index >= 15 is 0 Å². The fourth-order valence-corrected chi connectivity index (χ4v) is 3.12. The number of fused-ring (bicyclic) bond motifs is 1. The van der Waals surface area contributed by atoms with Gasteiger partial charge in [0, 0.05) is 26.3 Å². The number of para-hydroxylation sites is 1. The van der Waals surface area contributed by atoms with Crippen molar-refractivity contribution in [3.05, 3.63) is 68.6 Å². The number of hydrogen-bond acceptors (Lipinski definition) is 2. The maximum Gasteiger partial charge on any atom is 0.217 e. The lowest BCUT2D eigenvalue weighted by Gasteiger charge is -2.11. The van der Waals surface area contributed by atoms with Crippen molar-refractivity contribution in [2.45, 2.75) is 6.42 Å². The molecule has 0 unspecified atom stereocenters. The Bertz CT molecular complexity index is 802. The molecule has 21 heavy (non-hydrogen) atoms. The number of halogens is 2. The van der Waals surface area contributed by atoms with Crippen molar-refractivity contribution in [2.24, 2.45) is 0 Å². The first-order valence-corrected chi connectivity index (χ1v) is 8.12. The SMILES string of the molecule is COc1nc2ccccc2cc1Cc1cc(Br)ccc1Br. The molecule has 0 amide bonds. The second-order valence-electron chi connectivity index (χ2n) is 4.76. The van der Waals surface area contributed by atoms with Crippen molar-refractivity contribution >= 4 is 42.8 Å². The summed E-state index contributed by atoms with van der Waals surface area (Å²) in [7, 11) is 1.66. The van der Waals surface area contributed by atoms with Gasteiger partial charge in [0.1, 0.15) is 0 Å². The summed E-state index contributed by atoms with van der Waals surface area (Å²) in [5, 5.41) is 1.12. The molecule has 0 fully saturated rings. The molecule has 1 aromatic heterocycles. The smallest absolute Gasteiger partial charge is 0.217 e. The fourth-order valence-electron chi connectivity index (χ4n) is 2.33. The number of aromatic nitrogens is 1. The van der Waals surface area contributed by atoms with Crippen LogP contribution in [0.15, 0.2) is 57.5 Å². The van der Waals surface area contributed by atoms with E-state index in [0.717, 1.165) is 31.8 Å². The number of benzene rings is 2. The van der Waals surface area contributed by atoms with Gasteiger partial charge in [0.2, 0.25) is 5.88 Å². The standard InChI is InChI=1S/C17H13Br2NO/c1-21-17-13(8-11-4-2-3-5-16(11)20-17)9-12-10-14(18)6-7-15(12)19/h2-8,10H,9H2,1H3. The fraction of sp³-hybridized carbons (Fsp3) is 0.118. The van der Waals surface area contributed by atoms with Gasteiger partial charge in [0.05, 0.1) is 12.6 Å². The van der Waals surface area contributed by atoms with E-state index in [0.29, 0.717) is 5.88 Å². The third-order valence-electron chi connectivity index (χ3n) is 3.35. The highest BCUT2D eigenvalue weighted by Gasteiger charge is 2.10. The van der Waals surface area contributed by atoms with Crippen LogP contribution in [-0.4, -0.2) is 12.1 Å². The van der Waals surface area contributed by atoms with Gasteiger partial charge < -0.3 is 4.74 Å². The lowest BCUT2D eigenvalue weighted by atomic mass is 10.0. The molecule has 106 valence electrons. The molecule has 0 spiro atoms. The van der Waals surface area contributed by atoms with E-state index in [1.54, 1.807) is 7.11 Å². The van der Waals surface area contributed by atoms with E-state index in [2.05, 4.69) is 55.0 Å². The summed E-state index contributed by atoms with van der Waals surface area (Å²) in [6.45, 7) is 0. The van der Waals surface area contributed by atoms with Gasteiger partial charge >= 0.3 is 0 Å². The summed E-state index contributed by atoms with van der Waals surface area (Å²) in [6, 6.07) is 16.4. The van der Waals surface area contributed by atoms with Crippen LogP contribution in [0.25, 0.3) is 10.9 Å². The average molecular weight is 407 g/mol. The molecule has 0 aliphatic rings. The largest absolute Gasteiger partial charge is 0.481 e. The zero-order valence-electron chi connectivity index (χ0n) is 11.4. The third-order valence-corrected chi connectivity index (χ3v) is 4.61. The van der Waals surface area contributed by atoms with Crippen LogP contribution < -0.4 is 4.74 Å². The van der Waals surface area contributed by atoms with Crippen molar-refractivity contribution in [1.29, 1.82) is 0 Å². The molecule has 1 heterocycles. The molecule has 0 N–H and O–H groups in total. The maximum absolute atomic E-state index is 5.46. The molecule has 0 aliphatic heterocycles. The minimum absolute atomic E-state index is 0.681. The number of hydrogen-bond donors (Lipinski definition) is 0. The molecule has 0 saturated carbocycles. The minimum Gasteiger partial charge on any atom is -0.481 e. The number of rotatable bonds is 3. The Labute approximate surface area is 140 Å². The Balaban J connectivity index is 2.08. The number of methoxy groups -OCH3 is 1. The van der Waals surface area contributed by atoms with E-state index in [4.69, 9.17) is 4.74 Å². The van der Waals surface area contributed by atoms with Crippen molar-refractivity contribution < 1.29 is 4.74 Å². The summed E-state index contributed by atoms with van der Waals surface area (Å²) in [4.78, 5) is 4.59. The van der Waals surface area contributed by atoms with Gasteiger partial charge in [-0.15, -0.1) is 0 Å². The molecule has 3 aromatic rings. The van der Waals surface area contributed by atoms with Crippen LogP contribution in [0.1, 0.15) is 11.1 Å². The van der Waals surface area contributed by atoms with Crippen LogP contribution in [0.5, 0.6) is 5.88 Å². The van der Waals surface area contributed by atoms with E-state index in [1.807, 2.05) is 30.3 Å². The molecule has 4 heteroatoms. The van der Waals surface area contributed by atoms with Crippen LogP contribution in [0.4, 0.5) is 0 Å². The zero-order valence-corrected chi connectivity index (χ0v) is 14.6. The minimum atomic E-state index is 0.681. The monoisotopic (exact) mass is 405 g/mol. The Hall–Kier alpha value is -1.39. The summed E-state index contributed by atoms with van der Waals surface area (Å²) in [5.41, 5.74) is 3.22. The van der Waals surface area contributed by atoms with Crippen LogP contribution in [-0.2, 0) is 6.42 Å². The van der Waals surface area contributed by atoms with E-state index in [-0.39, 0.29) is 0 Å². The van der Waals surface area contributed by atoms with Crippen molar-refractivity contribution in [3.8, 4) is 5.88 Å². The normalized spacial score (nSPS) is 10.8. The molecule has 0 saturated heterocycles. The Morgan fingerprint density at radius 1 is 1.00 bits per heavy atom. The molecule has 2 nitrogen and oxygen atoms in total. The van der Waals surface area contributed by atoms with Gasteiger partial charge in [0.15, 0.2) is 0 Å². The molecule has 0 bridgehead atoms. The highest BCUT2D eigenvalue weighted by molar-refractivity contribution is 9.11. The topological polar surface area (TPSA) is 22.1 Å². The second kappa shape index (κ2) is 6.16. The van der Waals surface area contributed by atoms with Gasteiger partial charge in [-0.1, -0.05) is 50.1 Å². The van der Waals surface area contributed by atoms with E-state index < -0.39 is 0 Å². The number of nitrogens with zero attached hydrogens (tertiary/aromatic N) is 1. The van der Waals surface area contributed by atoms with Gasteiger partial charge in [-0.05, 0) is 35.9 Å². The van der Waals surface area contributed by atoms with Gasteiger partial charge in [-0.2, -0.15) is 0 Å². The first-order chi connectivity index (χ1) is 10.2. The van der Waals surface area contributed by atoms with Crippen LogP contribution >= 0.6 is 31.9 Å². The third kappa shape index (κ3) is 3.11. The Kier molecular flexibility index (Phi) is 4.27. The van der Waals surface area contributed by atoms with Crippen LogP contribution in [0.2, 0.25) is 0 Å². The second-order valence-corrected chi connectivity index (χ2v) is 6.53. The molecule has 0 radical (unpaired) electrons.